The number of hydrogen-bond acceptors (Lipinski definition) is 6. The van der Waals surface area contributed by atoms with Crippen molar-refractivity contribution in [2.24, 2.45) is 0 Å². The number of ether oxygens (including phenoxy) is 2. The number of benzene rings is 1. The van der Waals surface area contributed by atoms with E-state index in [0.29, 0.717) is 48.9 Å². The number of carbonyl (C=O) groups excluding carboxylic acids is 1. The molecule has 0 atom stereocenters. The molecule has 1 aromatic heterocycles. The second-order valence-electron chi connectivity index (χ2n) is 6.87. The number of hydrogen-bond donors (Lipinski definition) is 1. The van der Waals surface area contributed by atoms with Crippen LogP contribution in [0.3, 0.4) is 0 Å². The summed E-state index contributed by atoms with van der Waals surface area (Å²) in [5.74, 6) is 1.01. The number of rotatable bonds is 6. The lowest BCUT2D eigenvalue weighted by molar-refractivity contribution is -0.133. The van der Waals surface area contributed by atoms with Gasteiger partial charge in [-0.05, 0) is 32.4 Å². The summed E-state index contributed by atoms with van der Waals surface area (Å²) >= 11 is 0. The van der Waals surface area contributed by atoms with Gasteiger partial charge in [0.15, 0.2) is 6.61 Å². The summed E-state index contributed by atoms with van der Waals surface area (Å²) in [6.45, 7) is 4.63. The Morgan fingerprint density at radius 1 is 1.17 bits per heavy atom. The Kier molecular flexibility index (Phi) is 6.43. The molecule has 0 aliphatic carbocycles. The van der Waals surface area contributed by atoms with Gasteiger partial charge >= 0.3 is 0 Å². The average Bonchev–Trinajstić information content (AvgIpc) is 2.91. The molecule has 0 bridgehead atoms. The minimum Gasteiger partial charge on any atom is -0.497 e. The van der Waals surface area contributed by atoms with Crippen LogP contribution in [0, 0.1) is 13.8 Å². The first kappa shape index (κ1) is 21.1. The minimum absolute atomic E-state index is 0.111. The Balaban J connectivity index is 1.61. The average molecular weight is 423 g/mol. The van der Waals surface area contributed by atoms with Crippen LogP contribution < -0.4 is 9.47 Å². The van der Waals surface area contributed by atoms with E-state index in [-0.39, 0.29) is 24.0 Å². The Morgan fingerprint density at radius 2 is 1.93 bits per heavy atom. The summed E-state index contributed by atoms with van der Waals surface area (Å²) in [5, 5.41) is 6.71. The second kappa shape index (κ2) is 8.83. The van der Waals surface area contributed by atoms with Crippen LogP contribution in [-0.4, -0.2) is 73.6 Å². The molecule has 3 rings (SSSR count). The van der Waals surface area contributed by atoms with Gasteiger partial charge in [0.25, 0.3) is 5.91 Å². The normalized spacial score (nSPS) is 15.8. The van der Waals surface area contributed by atoms with E-state index in [9.17, 15) is 13.2 Å². The topological polar surface area (TPSA) is 105 Å². The van der Waals surface area contributed by atoms with Gasteiger partial charge in [-0.15, -0.1) is 0 Å². The molecular weight excluding hydrogens is 396 g/mol. The quantitative estimate of drug-likeness (QED) is 0.753. The fourth-order valence-electron chi connectivity index (χ4n) is 3.36. The van der Waals surface area contributed by atoms with Crippen molar-refractivity contribution < 1.29 is 22.7 Å². The van der Waals surface area contributed by atoms with Crippen molar-refractivity contribution in [2.45, 2.75) is 25.2 Å². The highest BCUT2D eigenvalue weighted by Gasteiger charge is 2.31. The van der Waals surface area contributed by atoms with Gasteiger partial charge in [0.1, 0.15) is 16.4 Å². The molecule has 1 saturated heterocycles. The lowest BCUT2D eigenvalue weighted by Gasteiger charge is -2.22. The molecule has 0 unspecified atom stereocenters. The number of sulfonamides is 1. The molecule has 1 N–H and O–H groups in total. The number of nitrogens with zero attached hydrogens (tertiary/aromatic N) is 3. The van der Waals surface area contributed by atoms with Gasteiger partial charge < -0.3 is 14.4 Å². The standard InChI is InChI=1S/C19H26N4O5S/c1-14-19(15(2)21-20-14)29(25,26)23-9-5-8-22(10-11-23)18(24)13-28-17-7-4-6-16(12-17)27-3/h4,6-7,12H,5,8-11,13H2,1-3H3,(H,20,21). The minimum atomic E-state index is -3.66. The van der Waals surface area contributed by atoms with Crippen molar-refractivity contribution in [3.8, 4) is 11.5 Å². The van der Waals surface area contributed by atoms with Crippen LogP contribution in [0.4, 0.5) is 0 Å². The first-order valence-electron chi connectivity index (χ1n) is 9.39. The predicted octanol–water partition coefficient (Wildman–Crippen LogP) is 1.34. The third-order valence-corrected chi connectivity index (χ3v) is 7.03. The first-order valence-corrected chi connectivity index (χ1v) is 10.8. The van der Waals surface area contributed by atoms with E-state index in [4.69, 9.17) is 9.47 Å². The Labute approximate surface area is 170 Å². The van der Waals surface area contributed by atoms with Gasteiger partial charge in [0.2, 0.25) is 10.0 Å². The highest BCUT2D eigenvalue weighted by molar-refractivity contribution is 7.89. The van der Waals surface area contributed by atoms with Crippen molar-refractivity contribution in [1.82, 2.24) is 19.4 Å². The van der Waals surface area contributed by atoms with Crippen LogP contribution in [-0.2, 0) is 14.8 Å². The van der Waals surface area contributed by atoms with Gasteiger partial charge in [-0.3, -0.25) is 9.89 Å². The van der Waals surface area contributed by atoms with Gasteiger partial charge in [-0.25, -0.2) is 8.42 Å². The Morgan fingerprint density at radius 3 is 2.62 bits per heavy atom. The van der Waals surface area contributed by atoms with E-state index in [1.165, 1.54) is 4.31 Å². The Hall–Kier alpha value is -2.59. The summed E-state index contributed by atoms with van der Waals surface area (Å²) < 4.78 is 38.2. The zero-order valence-electron chi connectivity index (χ0n) is 16.8. The third-order valence-electron chi connectivity index (χ3n) is 4.87. The molecule has 0 saturated carbocycles. The number of aryl methyl sites for hydroxylation is 2. The molecule has 1 aliphatic rings. The lowest BCUT2D eigenvalue weighted by Crippen LogP contribution is -2.39. The summed E-state index contributed by atoms with van der Waals surface area (Å²) in [5.41, 5.74) is 0.970. The van der Waals surface area contributed by atoms with E-state index in [1.54, 1.807) is 50.1 Å². The van der Waals surface area contributed by atoms with Crippen LogP contribution >= 0.6 is 0 Å². The molecular formula is C19H26N4O5S. The van der Waals surface area contributed by atoms with Crippen molar-refractivity contribution in [3.63, 3.8) is 0 Å². The van der Waals surface area contributed by atoms with E-state index in [0.717, 1.165) is 0 Å². The van der Waals surface area contributed by atoms with E-state index in [1.807, 2.05) is 0 Å². The SMILES string of the molecule is COc1cccc(OCC(=O)N2CCCN(S(=O)(=O)c3c(C)n[nH]c3C)CC2)c1. The second-order valence-corrected chi connectivity index (χ2v) is 8.74. The van der Waals surface area contributed by atoms with Gasteiger partial charge in [0.05, 0.1) is 18.5 Å². The van der Waals surface area contributed by atoms with E-state index >= 15 is 0 Å². The molecule has 9 nitrogen and oxygen atoms in total. The first-order chi connectivity index (χ1) is 13.8. The lowest BCUT2D eigenvalue weighted by atomic mass is 10.3. The zero-order valence-corrected chi connectivity index (χ0v) is 17.7. The molecule has 1 amide bonds. The molecule has 1 aliphatic heterocycles. The summed E-state index contributed by atoms with van der Waals surface area (Å²) in [4.78, 5) is 14.4. The van der Waals surface area contributed by atoms with Crippen LogP contribution in [0.25, 0.3) is 0 Å². The number of nitrogens with one attached hydrogen (secondary N) is 1. The van der Waals surface area contributed by atoms with Crippen LogP contribution in [0.1, 0.15) is 17.8 Å². The number of carbonyl (C=O) groups is 1. The maximum Gasteiger partial charge on any atom is 0.260 e. The number of methoxy groups -OCH3 is 1. The van der Waals surface area contributed by atoms with E-state index < -0.39 is 10.0 Å². The highest BCUT2D eigenvalue weighted by atomic mass is 32.2. The molecule has 2 aromatic rings. The highest BCUT2D eigenvalue weighted by Crippen LogP contribution is 2.23. The van der Waals surface area contributed by atoms with Crippen molar-refractivity contribution in [2.75, 3.05) is 39.9 Å². The van der Waals surface area contributed by atoms with Crippen molar-refractivity contribution in [3.05, 3.63) is 35.7 Å². The van der Waals surface area contributed by atoms with Gasteiger partial charge in [-0.2, -0.15) is 9.40 Å². The monoisotopic (exact) mass is 422 g/mol. The largest absolute Gasteiger partial charge is 0.497 e. The van der Waals surface area contributed by atoms with Crippen LogP contribution in [0.15, 0.2) is 29.2 Å². The maximum atomic E-state index is 13.0. The number of aromatic nitrogens is 2. The summed E-state index contributed by atoms with van der Waals surface area (Å²) in [6, 6.07) is 7.04. The smallest absolute Gasteiger partial charge is 0.260 e. The van der Waals surface area contributed by atoms with Crippen LogP contribution in [0.5, 0.6) is 11.5 Å². The van der Waals surface area contributed by atoms with Crippen LogP contribution in [0.2, 0.25) is 0 Å². The maximum absolute atomic E-state index is 13.0. The number of aromatic amines is 1. The fourth-order valence-corrected chi connectivity index (χ4v) is 5.16. The van der Waals surface area contributed by atoms with Crippen molar-refractivity contribution >= 4 is 15.9 Å². The summed E-state index contributed by atoms with van der Waals surface area (Å²) in [6.07, 6.45) is 0.556. The molecule has 0 radical (unpaired) electrons. The molecule has 29 heavy (non-hydrogen) atoms. The molecule has 1 fully saturated rings. The molecule has 158 valence electrons. The van der Waals surface area contributed by atoms with E-state index in [2.05, 4.69) is 10.2 Å². The molecule has 2 heterocycles. The Bertz CT molecular complexity index is 953. The number of H-pyrrole nitrogens is 1. The fraction of sp³-hybridized carbons (Fsp3) is 0.474. The van der Waals surface area contributed by atoms with Crippen molar-refractivity contribution in [1.29, 1.82) is 0 Å². The van der Waals surface area contributed by atoms with Gasteiger partial charge in [0, 0.05) is 32.2 Å². The number of amides is 1. The predicted molar refractivity (Wildman–Crippen MR) is 107 cm³/mol. The zero-order chi connectivity index (χ0) is 21.0. The summed E-state index contributed by atoms with van der Waals surface area (Å²) in [7, 11) is -2.10. The van der Waals surface area contributed by atoms with Gasteiger partial charge in [-0.1, -0.05) is 6.07 Å². The molecule has 1 aromatic carbocycles. The molecule has 10 heteroatoms. The molecule has 0 spiro atoms. The third kappa shape index (κ3) is 4.70.